The molecule has 1 heterocycles. The third-order valence-corrected chi connectivity index (χ3v) is 6.10. The number of nitrogens with one attached hydrogen (secondary N) is 2. The number of hydrogen-bond acceptors (Lipinski definition) is 4. The van der Waals surface area contributed by atoms with Crippen LogP contribution in [0.5, 0.6) is 5.75 Å². The van der Waals surface area contributed by atoms with Crippen LogP contribution in [0.3, 0.4) is 0 Å². The Morgan fingerprint density at radius 1 is 1.03 bits per heavy atom. The minimum atomic E-state index is -4.05. The zero-order valence-electron chi connectivity index (χ0n) is 15.8. The van der Waals surface area contributed by atoms with Gasteiger partial charge in [-0.2, -0.15) is 5.26 Å². The van der Waals surface area contributed by atoms with E-state index in [-0.39, 0.29) is 16.1 Å². The van der Waals surface area contributed by atoms with E-state index in [4.69, 9.17) is 10.00 Å². The lowest BCUT2D eigenvalue weighted by molar-refractivity contribution is 0.415. The fraction of sp³-hybridized carbons (Fsp3) is 0.0455. The van der Waals surface area contributed by atoms with Gasteiger partial charge in [0.1, 0.15) is 16.5 Å². The Kier molecular flexibility index (Phi) is 4.90. The van der Waals surface area contributed by atoms with Crippen molar-refractivity contribution in [3.8, 4) is 22.9 Å². The lowest BCUT2D eigenvalue weighted by atomic mass is 10.0. The number of aromatic nitrogens is 1. The highest BCUT2D eigenvalue weighted by Gasteiger charge is 2.21. The number of sulfonamides is 1. The lowest BCUT2D eigenvalue weighted by Crippen LogP contribution is -2.13. The van der Waals surface area contributed by atoms with E-state index in [9.17, 15) is 12.8 Å². The predicted octanol–water partition coefficient (Wildman–Crippen LogP) is 4.66. The normalized spacial score (nSPS) is 11.2. The summed E-state index contributed by atoms with van der Waals surface area (Å²) >= 11 is 0. The van der Waals surface area contributed by atoms with Gasteiger partial charge in [-0.25, -0.2) is 12.8 Å². The molecule has 0 fully saturated rings. The second-order valence-corrected chi connectivity index (χ2v) is 8.20. The van der Waals surface area contributed by atoms with Crippen molar-refractivity contribution in [2.24, 2.45) is 0 Å². The highest BCUT2D eigenvalue weighted by Crippen LogP contribution is 2.30. The number of fused-ring (bicyclic) bond motifs is 1. The van der Waals surface area contributed by atoms with Crippen molar-refractivity contribution in [3.63, 3.8) is 0 Å². The van der Waals surface area contributed by atoms with Gasteiger partial charge in [0.15, 0.2) is 0 Å². The maximum Gasteiger partial charge on any atom is 0.264 e. The number of hydrogen-bond donors (Lipinski definition) is 2. The van der Waals surface area contributed by atoms with E-state index in [2.05, 4.69) is 9.71 Å². The first-order chi connectivity index (χ1) is 14.4. The molecule has 30 heavy (non-hydrogen) atoms. The number of H-pyrrole nitrogens is 1. The summed E-state index contributed by atoms with van der Waals surface area (Å²) in [5, 5.41) is 9.30. The molecule has 0 atom stereocenters. The van der Waals surface area contributed by atoms with Gasteiger partial charge in [-0.05, 0) is 47.5 Å². The molecule has 0 saturated heterocycles. The minimum absolute atomic E-state index is 0.00235. The number of ether oxygens (including phenoxy) is 1. The SMILES string of the molecule is COc1ccc(-c2ccc3c(S(=O)(=O)Nc4ccc(C#N)cc4F)c[nH]c3c2)cc1. The van der Waals surface area contributed by atoms with Crippen LogP contribution in [0.15, 0.2) is 71.8 Å². The smallest absolute Gasteiger partial charge is 0.264 e. The molecule has 0 spiro atoms. The van der Waals surface area contributed by atoms with Gasteiger partial charge in [-0.3, -0.25) is 4.72 Å². The van der Waals surface area contributed by atoms with E-state index in [1.165, 1.54) is 18.3 Å². The molecular weight excluding hydrogens is 405 g/mol. The molecule has 0 aliphatic carbocycles. The molecule has 1 aromatic heterocycles. The Morgan fingerprint density at radius 3 is 2.43 bits per heavy atom. The summed E-state index contributed by atoms with van der Waals surface area (Å²) < 4.78 is 47.2. The molecule has 0 amide bonds. The van der Waals surface area contributed by atoms with Crippen molar-refractivity contribution in [1.82, 2.24) is 4.98 Å². The molecule has 0 aliphatic rings. The van der Waals surface area contributed by atoms with E-state index in [1.807, 2.05) is 36.4 Å². The first-order valence-electron chi connectivity index (χ1n) is 8.89. The Bertz CT molecular complexity index is 1390. The van der Waals surface area contributed by atoms with Crippen LogP contribution in [-0.4, -0.2) is 20.5 Å². The Balaban J connectivity index is 1.68. The molecule has 2 N–H and O–H groups in total. The van der Waals surface area contributed by atoms with Gasteiger partial charge in [0.25, 0.3) is 10.0 Å². The monoisotopic (exact) mass is 421 g/mol. The second kappa shape index (κ2) is 7.54. The van der Waals surface area contributed by atoms with E-state index in [0.29, 0.717) is 10.9 Å². The first-order valence-corrected chi connectivity index (χ1v) is 10.4. The van der Waals surface area contributed by atoms with E-state index in [0.717, 1.165) is 22.9 Å². The highest BCUT2D eigenvalue weighted by molar-refractivity contribution is 7.93. The van der Waals surface area contributed by atoms with Crippen LogP contribution < -0.4 is 9.46 Å². The molecule has 8 heteroatoms. The van der Waals surface area contributed by atoms with Crippen LogP contribution in [-0.2, 0) is 10.0 Å². The van der Waals surface area contributed by atoms with Gasteiger partial charge < -0.3 is 9.72 Å². The predicted molar refractivity (Wildman–Crippen MR) is 112 cm³/mol. The van der Waals surface area contributed by atoms with Crippen molar-refractivity contribution in [2.75, 3.05) is 11.8 Å². The first kappa shape index (κ1) is 19.5. The summed E-state index contributed by atoms with van der Waals surface area (Å²) in [7, 11) is -2.45. The van der Waals surface area contributed by atoms with Gasteiger partial charge in [0.05, 0.1) is 24.4 Å². The summed E-state index contributed by atoms with van der Waals surface area (Å²) in [5.74, 6) is -0.0755. The zero-order valence-corrected chi connectivity index (χ0v) is 16.6. The van der Waals surface area contributed by atoms with Crippen LogP contribution in [0, 0.1) is 17.1 Å². The summed E-state index contributed by atoms with van der Waals surface area (Å²) in [5.41, 5.74) is 2.37. The molecule has 4 rings (SSSR count). The number of anilines is 1. The molecule has 0 saturated carbocycles. The number of benzene rings is 3. The van der Waals surface area contributed by atoms with Crippen molar-refractivity contribution in [1.29, 1.82) is 5.26 Å². The van der Waals surface area contributed by atoms with E-state index >= 15 is 0 Å². The number of aromatic amines is 1. The number of rotatable bonds is 5. The summed E-state index contributed by atoms with van der Waals surface area (Å²) in [6, 6.07) is 18.2. The lowest BCUT2D eigenvalue weighted by Gasteiger charge is -2.09. The molecule has 0 radical (unpaired) electrons. The molecule has 0 unspecified atom stereocenters. The van der Waals surface area contributed by atoms with Gasteiger partial charge in [-0.15, -0.1) is 0 Å². The molecule has 3 aromatic carbocycles. The third-order valence-electron chi connectivity index (χ3n) is 4.70. The average Bonchev–Trinajstić information content (AvgIpc) is 3.19. The maximum atomic E-state index is 14.1. The number of nitrogens with zero attached hydrogens (tertiary/aromatic N) is 1. The van der Waals surface area contributed by atoms with Crippen LogP contribution in [0.2, 0.25) is 0 Å². The number of methoxy groups -OCH3 is 1. The average molecular weight is 421 g/mol. The highest BCUT2D eigenvalue weighted by atomic mass is 32.2. The molecule has 6 nitrogen and oxygen atoms in total. The summed E-state index contributed by atoms with van der Waals surface area (Å²) in [6.45, 7) is 0. The van der Waals surface area contributed by atoms with Crippen molar-refractivity contribution >= 4 is 26.6 Å². The molecule has 0 bridgehead atoms. The van der Waals surface area contributed by atoms with Crippen LogP contribution in [0.25, 0.3) is 22.0 Å². The zero-order chi connectivity index (χ0) is 21.3. The van der Waals surface area contributed by atoms with Crippen molar-refractivity contribution in [2.45, 2.75) is 4.90 Å². The largest absolute Gasteiger partial charge is 0.497 e. The fourth-order valence-electron chi connectivity index (χ4n) is 3.15. The molecular formula is C22H16FN3O3S. The maximum absolute atomic E-state index is 14.1. The molecule has 150 valence electrons. The number of halogens is 1. The van der Waals surface area contributed by atoms with Crippen molar-refractivity contribution in [3.05, 3.63) is 78.2 Å². The topological polar surface area (TPSA) is 95.0 Å². The molecule has 0 aliphatic heterocycles. The van der Waals surface area contributed by atoms with Crippen LogP contribution in [0.4, 0.5) is 10.1 Å². The van der Waals surface area contributed by atoms with E-state index < -0.39 is 15.8 Å². The second-order valence-electron chi connectivity index (χ2n) is 6.55. The quantitative estimate of drug-likeness (QED) is 0.490. The Hall–Kier alpha value is -3.83. The van der Waals surface area contributed by atoms with Gasteiger partial charge in [0, 0.05) is 17.1 Å². The van der Waals surface area contributed by atoms with Crippen LogP contribution >= 0.6 is 0 Å². The Morgan fingerprint density at radius 2 is 1.77 bits per heavy atom. The van der Waals surface area contributed by atoms with Crippen molar-refractivity contribution < 1.29 is 17.5 Å². The number of nitriles is 1. The third kappa shape index (κ3) is 3.58. The van der Waals surface area contributed by atoms with Gasteiger partial charge >= 0.3 is 0 Å². The van der Waals surface area contributed by atoms with Crippen LogP contribution in [0.1, 0.15) is 5.56 Å². The Labute approximate surface area is 172 Å². The van der Waals surface area contributed by atoms with Gasteiger partial charge in [0.2, 0.25) is 0 Å². The molecule has 4 aromatic rings. The minimum Gasteiger partial charge on any atom is -0.497 e. The van der Waals surface area contributed by atoms with E-state index in [1.54, 1.807) is 19.2 Å². The summed E-state index contributed by atoms with van der Waals surface area (Å²) in [4.78, 5) is 2.97. The van der Waals surface area contributed by atoms with Gasteiger partial charge in [-0.1, -0.05) is 24.3 Å². The summed E-state index contributed by atoms with van der Waals surface area (Å²) in [6.07, 6.45) is 1.37. The fourth-order valence-corrected chi connectivity index (χ4v) is 4.40. The standard InChI is InChI=1S/C22H16FN3O3S/c1-29-17-6-3-15(4-7-17)16-5-8-18-21(11-16)25-13-22(18)30(27,28)26-20-9-2-14(12-24)10-19(20)23/h2-11,13,25-26H,1H3.